The average molecular weight is 162 g/mol. The summed E-state index contributed by atoms with van der Waals surface area (Å²) in [6, 6.07) is 7.78. The van der Waals surface area contributed by atoms with Gasteiger partial charge in [-0.3, -0.25) is 0 Å². The van der Waals surface area contributed by atoms with Crippen LogP contribution in [-0.2, 0) is 0 Å². The van der Waals surface area contributed by atoms with Crippen LogP contribution in [0.25, 0.3) is 0 Å². The van der Waals surface area contributed by atoms with Crippen LogP contribution in [0.3, 0.4) is 0 Å². The van der Waals surface area contributed by atoms with Gasteiger partial charge in [0.2, 0.25) is 0 Å². The lowest BCUT2D eigenvalue weighted by atomic mass is 10.0. The zero-order valence-corrected chi connectivity index (χ0v) is 6.79. The number of para-hydroxylation sites is 1. The summed E-state index contributed by atoms with van der Waals surface area (Å²) >= 11 is 0. The number of amides is 2. The molecule has 0 saturated carbocycles. The Labute approximate surface area is 70.8 Å². The summed E-state index contributed by atoms with van der Waals surface area (Å²) in [6.07, 6.45) is 0. The molecule has 1 aliphatic heterocycles. The molecule has 1 heterocycles. The van der Waals surface area contributed by atoms with Crippen LogP contribution in [-0.4, -0.2) is 6.03 Å². The molecule has 0 unspecified atom stereocenters. The molecule has 0 radical (unpaired) electrons. The van der Waals surface area contributed by atoms with E-state index in [0.29, 0.717) is 0 Å². The van der Waals surface area contributed by atoms with Crippen molar-refractivity contribution in [3.8, 4) is 0 Å². The first-order valence-electron chi connectivity index (χ1n) is 3.94. The van der Waals surface area contributed by atoms with E-state index in [-0.39, 0.29) is 12.1 Å². The van der Waals surface area contributed by atoms with Crippen molar-refractivity contribution in [3.63, 3.8) is 0 Å². The largest absolute Gasteiger partial charge is 0.331 e. The third-order valence-electron chi connectivity index (χ3n) is 2.02. The van der Waals surface area contributed by atoms with Crippen molar-refractivity contribution in [2.24, 2.45) is 0 Å². The molecule has 3 heteroatoms. The fourth-order valence-electron chi connectivity index (χ4n) is 1.42. The Morgan fingerprint density at radius 3 is 2.92 bits per heavy atom. The van der Waals surface area contributed by atoms with Crippen LogP contribution in [0.15, 0.2) is 24.3 Å². The molecule has 1 aromatic rings. The molecular weight excluding hydrogens is 152 g/mol. The minimum Gasteiger partial charge on any atom is -0.331 e. The minimum atomic E-state index is -0.124. The van der Waals surface area contributed by atoms with E-state index in [1.807, 2.05) is 31.2 Å². The topological polar surface area (TPSA) is 41.1 Å². The molecule has 1 aromatic carbocycles. The Hall–Kier alpha value is -1.51. The molecule has 0 spiro atoms. The van der Waals surface area contributed by atoms with Crippen molar-refractivity contribution in [2.45, 2.75) is 13.0 Å². The highest BCUT2D eigenvalue weighted by Gasteiger charge is 2.18. The van der Waals surface area contributed by atoms with Crippen molar-refractivity contribution >= 4 is 11.7 Å². The van der Waals surface area contributed by atoms with Gasteiger partial charge in [0.1, 0.15) is 0 Å². The number of fused-ring (bicyclic) bond motifs is 1. The fourth-order valence-corrected chi connectivity index (χ4v) is 1.42. The van der Waals surface area contributed by atoms with Gasteiger partial charge in [0.05, 0.1) is 6.04 Å². The third-order valence-corrected chi connectivity index (χ3v) is 2.02. The van der Waals surface area contributed by atoms with Gasteiger partial charge in [0, 0.05) is 5.69 Å². The first-order chi connectivity index (χ1) is 5.77. The number of hydrogen-bond acceptors (Lipinski definition) is 1. The molecule has 2 rings (SSSR count). The number of carbonyl (C=O) groups excluding carboxylic acids is 1. The number of anilines is 1. The molecular formula is C9H10N2O. The molecule has 62 valence electrons. The van der Waals surface area contributed by atoms with Crippen LogP contribution in [0.1, 0.15) is 18.5 Å². The SMILES string of the molecule is C[C@@H]1NC(=O)Nc2ccccc21. The Morgan fingerprint density at radius 2 is 2.08 bits per heavy atom. The molecule has 0 fully saturated rings. The van der Waals surface area contributed by atoms with Crippen molar-refractivity contribution < 1.29 is 4.79 Å². The zero-order valence-electron chi connectivity index (χ0n) is 6.79. The molecule has 2 amide bonds. The van der Waals surface area contributed by atoms with E-state index in [2.05, 4.69) is 10.6 Å². The van der Waals surface area contributed by atoms with Crippen molar-refractivity contribution in [2.75, 3.05) is 5.32 Å². The van der Waals surface area contributed by atoms with Crippen molar-refractivity contribution in [3.05, 3.63) is 29.8 Å². The predicted molar refractivity (Wildman–Crippen MR) is 47.0 cm³/mol. The van der Waals surface area contributed by atoms with Crippen molar-refractivity contribution in [1.29, 1.82) is 0 Å². The summed E-state index contributed by atoms with van der Waals surface area (Å²) in [5.74, 6) is 0. The summed E-state index contributed by atoms with van der Waals surface area (Å²) in [5.41, 5.74) is 2.05. The Bertz CT molecular complexity index is 322. The third kappa shape index (κ3) is 1.03. The second kappa shape index (κ2) is 2.52. The molecule has 12 heavy (non-hydrogen) atoms. The Balaban J connectivity index is 2.47. The van der Waals surface area contributed by atoms with Gasteiger partial charge >= 0.3 is 6.03 Å². The summed E-state index contributed by atoms with van der Waals surface area (Å²) in [4.78, 5) is 11.0. The average Bonchev–Trinajstić information content (AvgIpc) is 2.04. The molecule has 2 N–H and O–H groups in total. The lowest BCUT2D eigenvalue weighted by Crippen LogP contribution is -2.36. The van der Waals surface area contributed by atoms with Gasteiger partial charge in [-0.15, -0.1) is 0 Å². The van der Waals surface area contributed by atoms with E-state index in [0.717, 1.165) is 11.3 Å². The summed E-state index contributed by atoms with van der Waals surface area (Å²) in [6.45, 7) is 1.97. The normalized spacial score (nSPS) is 20.8. The number of benzene rings is 1. The first kappa shape index (κ1) is 7.16. The van der Waals surface area contributed by atoms with Gasteiger partial charge in [-0.1, -0.05) is 18.2 Å². The van der Waals surface area contributed by atoms with Crippen LogP contribution in [0, 0.1) is 0 Å². The summed E-state index contributed by atoms with van der Waals surface area (Å²) in [5, 5.41) is 5.53. The second-order valence-corrected chi connectivity index (χ2v) is 2.91. The van der Waals surface area contributed by atoms with Gasteiger partial charge in [-0.05, 0) is 18.6 Å². The van der Waals surface area contributed by atoms with E-state index < -0.39 is 0 Å². The fraction of sp³-hybridized carbons (Fsp3) is 0.222. The number of hydrogen-bond donors (Lipinski definition) is 2. The maximum absolute atomic E-state index is 11.0. The van der Waals surface area contributed by atoms with Gasteiger partial charge in [-0.25, -0.2) is 4.79 Å². The van der Waals surface area contributed by atoms with E-state index in [1.165, 1.54) is 0 Å². The molecule has 3 nitrogen and oxygen atoms in total. The quantitative estimate of drug-likeness (QED) is 0.600. The van der Waals surface area contributed by atoms with Gasteiger partial charge in [0.25, 0.3) is 0 Å². The highest BCUT2D eigenvalue weighted by Crippen LogP contribution is 2.25. The maximum Gasteiger partial charge on any atom is 0.319 e. The standard InChI is InChI=1S/C9H10N2O/c1-6-7-4-2-3-5-8(7)11-9(12)10-6/h2-6H,1H3,(H2,10,11,12)/t6-/m0/s1. The lowest BCUT2D eigenvalue weighted by molar-refractivity contribution is 0.248. The molecule has 0 aromatic heterocycles. The highest BCUT2D eigenvalue weighted by atomic mass is 16.2. The lowest BCUT2D eigenvalue weighted by Gasteiger charge is -2.23. The summed E-state index contributed by atoms with van der Waals surface area (Å²) in [7, 11) is 0. The van der Waals surface area contributed by atoms with E-state index >= 15 is 0 Å². The van der Waals surface area contributed by atoms with Crippen LogP contribution in [0.4, 0.5) is 10.5 Å². The van der Waals surface area contributed by atoms with Gasteiger partial charge in [-0.2, -0.15) is 0 Å². The predicted octanol–water partition coefficient (Wildman–Crippen LogP) is 1.88. The number of carbonyl (C=O) groups is 1. The van der Waals surface area contributed by atoms with Crippen LogP contribution < -0.4 is 10.6 Å². The highest BCUT2D eigenvalue weighted by molar-refractivity contribution is 5.92. The van der Waals surface area contributed by atoms with E-state index in [4.69, 9.17) is 0 Å². The van der Waals surface area contributed by atoms with Gasteiger partial charge in [0.15, 0.2) is 0 Å². The zero-order chi connectivity index (χ0) is 8.55. The molecule has 0 saturated heterocycles. The van der Waals surface area contributed by atoms with Crippen LogP contribution >= 0.6 is 0 Å². The minimum absolute atomic E-state index is 0.106. The van der Waals surface area contributed by atoms with Crippen LogP contribution in [0.2, 0.25) is 0 Å². The Kier molecular flexibility index (Phi) is 1.50. The molecule has 0 bridgehead atoms. The molecule has 0 aliphatic carbocycles. The van der Waals surface area contributed by atoms with Gasteiger partial charge < -0.3 is 10.6 Å². The van der Waals surface area contributed by atoms with Crippen molar-refractivity contribution in [1.82, 2.24) is 5.32 Å². The van der Waals surface area contributed by atoms with E-state index in [1.54, 1.807) is 0 Å². The monoisotopic (exact) mass is 162 g/mol. The van der Waals surface area contributed by atoms with E-state index in [9.17, 15) is 4.79 Å². The maximum atomic E-state index is 11.0. The molecule has 1 aliphatic rings. The number of nitrogens with one attached hydrogen (secondary N) is 2. The van der Waals surface area contributed by atoms with Crippen LogP contribution in [0.5, 0.6) is 0 Å². The number of rotatable bonds is 0. The smallest absolute Gasteiger partial charge is 0.319 e. The summed E-state index contributed by atoms with van der Waals surface area (Å²) < 4.78 is 0. The molecule has 1 atom stereocenters. The number of urea groups is 1. The second-order valence-electron chi connectivity index (χ2n) is 2.91. The Morgan fingerprint density at radius 1 is 1.33 bits per heavy atom. The first-order valence-corrected chi connectivity index (χ1v) is 3.94.